The molecule has 7 heteroatoms. The molecule has 0 spiro atoms. The molecule has 6 nitrogen and oxygen atoms in total. The van der Waals surface area contributed by atoms with Crippen LogP contribution in [0.3, 0.4) is 0 Å². The largest absolute Gasteiger partial charge is 0.497 e. The molecule has 3 aromatic rings. The van der Waals surface area contributed by atoms with Gasteiger partial charge in [-0.1, -0.05) is 35.9 Å². The number of amides is 1. The average molecular weight is 495 g/mol. The molecule has 184 valence electrons. The number of carbonyl (C=O) groups is 1. The zero-order valence-electron chi connectivity index (χ0n) is 20.5. The van der Waals surface area contributed by atoms with Gasteiger partial charge in [-0.3, -0.25) is 9.69 Å². The number of benzene rings is 3. The SMILES string of the molecule is COc1ccc(CN2CCc3cc(OC)c(OC)cc3[C@@H]2[C@H](C)NC(=O)c2ccccc2Cl)cc1. The zero-order valence-corrected chi connectivity index (χ0v) is 21.3. The first kappa shape index (κ1) is 24.9. The molecule has 2 atom stereocenters. The summed E-state index contributed by atoms with van der Waals surface area (Å²) in [6.45, 7) is 3.60. The van der Waals surface area contributed by atoms with Crippen molar-refractivity contribution < 1.29 is 19.0 Å². The number of methoxy groups -OCH3 is 3. The summed E-state index contributed by atoms with van der Waals surface area (Å²) >= 11 is 6.29. The van der Waals surface area contributed by atoms with Crippen molar-refractivity contribution in [2.24, 2.45) is 0 Å². The smallest absolute Gasteiger partial charge is 0.253 e. The topological polar surface area (TPSA) is 60.0 Å². The van der Waals surface area contributed by atoms with E-state index in [-0.39, 0.29) is 18.0 Å². The van der Waals surface area contributed by atoms with Crippen molar-refractivity contribution >= 4 is 17.5 Å². The van der Waals surface area contributed by atoms with Crippen LogP contribution in [0.25, 0.3) is 0 Å². The molecule has 1 heterocycles. The number of rotatable bonds is 8. The Bertz CT molecular complexity index is 1180. The molecule has 1 aliphatic rings. The van der Waals surface area contributed by atoms with Gasteiger partial charge in [-0.25, -0.2) is 0 Å². The predicted molar refractivity (Wildman–Crippen MR) is 138 cm³/mol. The monoisotopic (exact) mass is 494 g/mol. The Balaban J connectivity index is 1.68. The Morgan fingerprint density at radius 3 is 2.37 bits per heavy atom. The van der Waals surface area contributed by atoms with Crippen molar-refractivity contribution in [3.63, 3.8) is 0 Å². The first-order valence-corrected chi connectivity index (χ1v) is 12.0. The minimum atomic E-state index is -0.200. The van der Waals surface area contributed by atoms with E-state index in [2.05, 4.69) is 28.4 Å². The van der Waals surface area contributed by atoms with Crippen LogP contribution >= 0.6 is 11.6 Å². The van der Waals surface area contributed by atoms with E-state index in [1.807, 2.05) is 37.3 Å². The highest BCUT2D eigenvalue weighted by Gasteiger charge is 2.34. The number of nitrogens with zero attached hydrogens (tertiary/aromatic N) is 1. The van der Waals surface area contributed by atoms with Crippen molar-refractivity contribution in [1.29, 1.82) is 0 Å². The quantitative estimate of drug-likeness (QED) is 0.461. The minimum Gasteiger partial charge on any atom is -0.497 e. The Morgan fingerprint density at radius 2 is 1.71 bits per heavy atom. The van der Waals surface area contributed by atoms with Gasteiger partial charge in [0.15, 0.2) is 11.5 Å². The highest BCUT2D eigenvalue weighted by molar-refractivity contribution is 6.33. The van der Waals surface area contributed by atoms with Gasteiger partial charge in [0.1, 0.15) is 5.75 Å². The molecule has 0 aromatic heterocycles. The number of fused-ring (bicyclic) bond motifs is 1. The fourth-order valence-electron chi connectivity index (χ4n) is 4.77. The second kappa shape index (κ2) is 11.0. The summed E-state index contributed by atoms with van der Waals surface area (Å²) < 4.78 is 16.5. The van der Waals surface area contributed by atoms with E-state index in [1.54, 1.807) is 33.5 Å². The van der Waals surface area contributed by atoms with Crippen LogP contribution in [0.2, 0.25) is 5.02 Å². The second-order valence-corrected chi connectivity index (χ2v) is 9.07. The molecule has 1 amide bonds. The number of hydrogen-bond acceptors (Lipinski definition) is 5. The summed E-state index contributed by atoms with van der Waals surface area (Å²) in [5.74, 6) is 2.01. The Labute approximate surface area is 211 Å². The average Bonchev–Trinajstić information content (AvgIpc) is 2.88. The molecule has 1 N–H and O–H groups in total. The van der Waals surface area contributed by atoms with E-state index in [9.17, 15) is 4.79 Å². The fourth-order valence-corrected chi connectivity index (χ4v) is 4.99. The summed E-state index contributed by atoms with van der Waals surface area (Å²) in [5.41, 5.74) is 3.95. The van der Waals surface area contributed by atoms with Gasteiger partial charge < -0.3 is 19.5 Å². The van der Waals surface area contributed by atoms with Gasteiger partial charge in [0.2, 0.25) is 0 Å². The highest BCUT2D eigenvalue weighted by Crippen LogP contribution is 2.40. The molecule has 1 aliphatic heterocycles. The molecule has 0 bridgehead atoms. The van der Waals surface area contributed by atoms with Gasteiger partial charge in [0.05, 0.1) is 38.0 Å². The van der Waals surface area contributed by atoms with Crippen molar-refractivity contribution in [2.45, 2.75) is 32.0 Å². The molecule has 0 aliphatic carbocycles. The summed E-state index contributed by atoms with van der Waals surface area (Å²) in [5, 5.41) is 3.62. The van der Waals surface area contributed by atoms with Crippen LogP contribution in [-0.4, -0.2) is 44.7 Å². The van der Waals surface area contributed by atoms with E-state index in [4.69, 9.17) is 25.8 Å². The van der Waals surface area contributed by atoms with Crippen LogP contribution in [0.4, 0.5) is 0 Å². The third-order valence-electron chi connectivity index (χ3n) is 6.52. The minimum absolute atomic E-state index is 0.0768. The maximum absolute atomic E-state index is 13.1. The molecule has 4 rings (SSSR count). The Hall–Kier alpha value is -3.22. The van der Waals surface area contributed by atoms with Crippen LogP contribution in [0.15, 0.2) is 60.7 Å². The maximum Gasteiger partial charge on any atom is 0.253 e. The van der Waals surface area contributed by atoms with Crippen molar-refractivity contribution in [1.82, 2.24) is 10.2 Å². The van der Waals surface area contributed by atoms with Crippen molar-refractivity contribution in [3.05, 3.63) is 87.9 Å². The summed E-state index contributed by atoms with van der Waals surface area (Å²) in [6.07, 6.45) is 0.869. The van der Waals surface area contributed by atoms with Gasteiger partial charge in [0.25, 0.3) is 5.91 Å². The lowest BCUT2D eigenvalue weighted by atomic mass is 9.87. The molecule has 0 unspecified atom stereocenters. The predicted octanol–water partition coefficient (Wildman–Crippen LogP) is 5.28. The lowest BCUT2D eigenvalue weighted by Gasteiger charge is -2.41. The molecule has 0 fully saturated rings. The fraction of sp³-hybridized carbons (Fsp3) is 0.321. The third kappa shape index (κ3) is 5.39. The van der Waals surface area contributed by atoms with Gasteiger partial charge in [-0.2, -0.15) is 0 Å². The molecule has 3 aromatic carbocycles. The molecule has 0 radical (unpaired) electrons. The molecule has 0 saturated heterocycles. The lowest BCUT2D eigenvalue weighted by Crippen LogP contribution is -2.47. The second-order valence-electron chi connectivity index (χ2n) is 8.66. The maximum atomic E-state index is 13.1. The molecule has 0 saturated carbocycles. The van der Waals surface area contributed by atoms with Crippen LogP contribution < -0.4 is 19.5 Å². The first-order chi connectivity index (χ1) is 16.9. The highest BCUT2D eigenvalue weighted by atomic mass is 35.5. The summed E-state index contributed by atoms with van der Waals surface area (Å²) in [6, 6.07) is 19.0. The number of carbonyl (C=O) groups excluding carboxylic acids is 1. The third-order valence-corrected chi connectivity index (χ3v) is 6.85. The number of ether oxygens (including phenoxy) is 3. The normalized spacial score (nSPS) is 16.2. The van der Waals surface area contributed by atoms with E-state index in [0.29, 0.717) is 22.1 Å². The zero-order chi connectivity index (χ0) is 24.9. The number of nitrogens with one attached hydrogen (secondary N) is 1. The number of hydrogen-bond donors (Lipinski definition) is 1. The van der Waals surface area contributed by atoms with Crippen LogP contribution in [0.1, 0.15) is 40.0 Å². The van der Waals surface area contributed by atoms with Gasteiger partial charge in [-0.05, 0) is 66.4 Å². The molecular weight excluding hydrogens is 464 g/mol. The standard InChI is InChI=1S/C28H31ClN2O4/c1-18(30-28(32)22-7-5-6-8-24(22)29)27-23-16-26(35-4)25(34-3)15-20(23)13-14-31(27)17-19-9-11-21(33-2)12-10-19/h5-12,15-16,18,27H,13-14,17H2,1-4H3,(H,30,32)/t18-,27-/m0/s1. The van der Waals surface area contributed by atoms with Crippen molar-refractivity contribution in [2.75, 3.05) is 27.9 Å². The van der Waals surface area contributed by atoms with E-state index < -0.39 is 0 Å². The molecular formula is C28H31ClN2O4. The lowest BCUT2D eigenvalue weighted by molar-refractivity contribution is 0.0877. The summed E-state index contributed by atoms with van der Waals surface area (Å²) in [7, 11) is 4.95. The molecule has 35 heavy (non-hydrogen) atoms. The van der Waals surface area contributed by atoms with Crippen LogP contribution in [0.5, 0.6) is 17.2 Å². The van der Waals surface area contributed by atoms with Gasteiger partial charge in [-0.15, -0.1) is 0 Å². The van der Waals surface area contributed by atoms with E-state index >= 15 is 0 Å². The van der Waals surface area contributed by atoms with E-state index in [0.717, 1.165) is 30.8 Å². The van der Waals surface area contributed by atoms with Crippen LogP contribution in [0, 0.1) is 0 Å². The summed E-state index contributed by atoms with van der Waals surface area (Å²) in [4.78, 5) is 15.5. The Kier molecular flexibility index (Phi) is 7.83. The first-order valence-electron chi connectivity index (χ1n) is 11.6. The van der Waals surface area contributed by atoms with Crippen molar-refractivity contribution in [3.8, 4) is 17.2 Å². The van der Waals surface area contributed by atoms with Crippen LogP contribution in [-0.2, 0) is 13.0 Å². The van der Waals surface area contributed by atoms with Gasteiger partial charge >= 0.3 is 0 Å². The van der Waals surface area contributed by atoms with Gasteiger partial charge in [0, 0.05) is 19.1 Å². The Morgan fingerprint density at radius 1 is 1.03 bits per heavy atom. The van der Waals surface area contributed by atoms with E-state index in [1.165, 1.54) is 11.1 Å². The number of halogens is 1.